The van der Waals surface area contributed by atoms with E-state index in [1.54, 1.807) is 26.4 Å². The highest BCUT2D eigenvalue weighted by atomic mass is 16.5. The van der Waals surface area contributed by atoms with Gasteiger partial charge in [0, 0.05) is 30.7 Å². The molecule has 140 valence electrons. The monoisotopic (exact) mass is 359 g/mol. The predicted octanol–water partition coefficient (Wildman–Crippen LogP) is 1.92. The van der Waals surface area contributed by atoms with E-state index in [0.29, 0.717) is 29.6 Å². The first-order valence-corrected chi connectivity index (χ1v) is 8.27. The van der Waals surface area contributed by atoms with Gasteiger partial charge < -0.3 is 25.0 Å². The lowest BCUT2D eigenvalue weighted by molar-refractivity contribution is 0.0951. The summed E-state index contributed by atoms with van der Waals surface area (Å²) in [6.07, 6.45) is 3.88. The van der Waals surface area contributed by atoms with E-state index in [0.717, 1.165) is 18.7 Å². The van der Waals surface area contributed by atoms with Gasteiger partial charge in [0.2, 0.25) is 5.95 Å². The average Bonchev–Trinajstić information content (AvgIpc) is 2.65. The fourth-order valence-corrected chi connectivity index (χ4v) is 2.25. The van der Waals surface area contributed by atoms with E-state index in [9.17, 15) is 4.79 Å². The van der Waals surface area contributed by atoms with Gasteiger partial charge in [-0.15, -0.1) is 0 Å². The Morgan fingerprint density at radius 1 is 1.12 bits per heavy atom. The maximum atomic E-state index is 12.1. The number of hydrogen-bond donors (Lipinski definition) is 2. The normalized spacial score (nSPS) is 10.5. The van der Waals surface area contributed by atoms with Gasteiger partial charge in [-0.3, -0.25) is 4.79 Å². The number of anilines is 2. The number of carbonyl (C=O) groups excluding carboxylic acids is 1. The van der Waals surface area contributed by atoms with E-state index >= 15 is 0 Å². The van der Waals surface area contributed by atoms with Crippen LogP contribution >= 0.6 is 0 Å². The van der Waals surface area contributed by atoms with Gasteiger partial charge in [0.1, 0.15) is 0 Å². The smallest absolute Gasteiger partial charge is 0.254 e. The summed E-state index contributed by atoms with van der Waals surface area (Å²) < 4.78 is 10.5. The number of methoxy groups -OCH3 is 2. The van der Waals surface area contributed by atoms with Crippen LogP contribution in [0, 0.1) is 0 Å². The minimum Gasteiger partial charge on any atom is -0.493 e. The predicted molar refractivity (Wildman–Crippen MR) is 100 cm³/mol. The summed E-state index contributed by atoms with van der Waals surface area (Å²) in [5.74, 6) is 1.45. The molecule has 2 rings (SSSR count). The van der Waals surface area contributed by atoms with Crippen LogP contribution in [0.5, 0.6) is 11.5 Å². The minimum absolute atomic E-state index is 0.179. The zero-order chi connectivity index (χ0) is 18.9. The number of amides is 1. The highest BCUT2D eigenvalue weighted by molar-refractivity contribution is 5.93. The fourth-order valence-electron chi connectivity index (χ4n) is 2.25. The third kappa shape index (κ3) is 5.59. The molecule has 0 spiro atoms. The zero-order valence-corrected chi connectivity index (χ0v) is 15.6. The van der Waals surface area contributed by atoms with Crippen LogP contribution in [0.4, 0.5) is 11.6 Å². The van der Waals surface area contributed by atoms with E-state index in [1.165, 1.54) is 12.4 Å². The van der Waals surface area contributed by atoms with Crippen LogP contribution < -0.4 is 20.1 Å². The Morgan fingerprint density at radius 3 is 2.42 bits per heavy atom. The standard InChI is InChI=1S/C18H25N5O3/c1-23(2)9-5-8-19-17(24)13-11-20-18(21-12-13)22-14-6-7-15(25-3)16(10-14)26-4/h6-7,10-12H,5,8-9H2,1-4H3,(H,19,24)(H,20,21,22). The van der Waals surface area contributed by atoms with E-state index in [1.807, 2.05) is 20.2 Å². The van der Waals surface area contributed by atoms with Crippen molar-refractivity contribution >= 4 is 17.5 Å². The van der Waals surface area contributed by atoms with Crippen LogP contribution in [-0.2, 0) is 0 Å². The second-order valence-corrected chi connectivity index (χ2v) is 5.90. The van der Waals surface area contributed by atoms with E-state index in [-0.39, 0.29) is 5.91 Å². The van der Waals surface area contributed by atoms with Gasteiger partial charge in [-0.05, 0) is 39.2 Å². The Balaban J connectivity index is 1.93. The van der Waals surface area contributed by atoms with Gasteiger partial charge in [-0.2, -0.15) is 0 Å². The first-order valence-electron chi connectivity index (χ1n) is 8.27. The minimum atomic E-state index is -0.179. The molecule has 0 aliphatic heterocycles. The van der Waals surface area contributed by atoms with Crippen LogP contribution in [0.3, 0.4) is 0 Å². The Kier molecular flexibility index (Phi) is 7.16. The molecule has 2 aromatic rings. The SMILES string of the molecule is COc1ccc(Nc2ncc(C(=O)NCCCN(C)C)cn2)cc1OC. The van der Waals surface area contributed by atoms with Crippen LogP contribution in [0.25, 0.3) is 0 Å². The number of benzene rings is 1. The number of nitrogens with zero attached hydrogens (tertiary/aromatic N) is 3. The van der Waals surface area contributed by atoms with Gasteiger partial charge in [-0.1, -0.05) is 0 Å². The highest BCUT2D eigenvalue weighted by Gasteiger charge is 2.08. The molecule has 0 saturated heterocycles. The van der Waals surface area contributed by atoms with Crippen molar-refractivity contribution < 1.29 is 14.3 Å². The third-order valence-corrected chi connectivity index (χ3v) is 3.62. The van der Waals surface area contributed by atoms with Crippen molar-refractivity contribution in [3.05, 3.63) is 36.2 Å². The van der Waals surface area contributed by atoms with Crippen molar-refractivity contribution in [3.8, 4) is 11.5 Å². The first-order chi connectivity index (χ1) is 12.5. The van der Waals surface area contributed by atoms with Crippen molar-refractivity contribution in [1.82, 2.24) is 20.2 Å². The number of hydrogen-bond acceptors (Lipinski definition) is 7. The molecule has 0 saturated carbocycles. The van der Waals surface area contributed by atoms with Gasteiger partial charge in [0.25, 0.3) is 5.91 Å². The maximum Gasteiger partial charge on any atom is 0.254 e. The summed E-state index contributed by atoms with van der Waals surface area (Å²) in [6, 6.07) is 5.40. The summed E-state index contributed by atoms with van der Waals surface area (Å²) in [7, 11) is 7.15. The fraction of sp³-hybridized carbons (Fsp3) is 0.389. The summed E-state index contributed by atoms with van der Waals surface area (Å²) >= 11 is 0. The maximum absolute atomic E-state index is 12.1. The average molecular weight is 359 g/mol. The molecule has 0 atom stereocenters. The van der Waals surface area contributed by atoms with E-state index < -0.39 is 0 Å². The Bertz CT molecular complexity index is 719. The molecule has 26 heavy (non-hydrogen) atoms. The molecular formula is C18H25N5O3. The molecule has 2 N–H and O–H groups in total. The largest absolute Gasteiger partial charge is 0.493 e. The number of rotatable bonds is 9. The topological polar surface area (TPSA) is 88.6 Å². The Hall–Kier alpha value is -2.87. The lowest BCUT2D eigenvalue weighted by Crippen LogP contribution is -2.27. The van der Waals surface area contributed by atoms with E-state index in [2.05, 4.69) is 25.5 Å². The molecule has 0 bridgehead atoms. The number of aromatic nitrogens is 2. The summed E-state index contributed by atoms with van der Waals surface area (Å²) in [5.41, 5.74) is 1.18. The molecular weight excluding hydrogens is 334 g/mol. The Labute approximate surface area is 153 Å². The number of carbonyl (C=O) groups is 1. The van der Waals surface area contributed by atoms with E-state index in [4.69, 9.17) is 9.47 Å². The second-order valence-electron chi connectivity index (χ2n) is 5.90. The van der Waals surface area contributed by atoms with Crippen molar-refractivity contribution in [2.75, 3.05) is 46.7 Å². The van der Waals surface area contributed by atoms with Crippen molar-refractivity contribution in [3.63, 3.8) is 0 Å². The van der Waals surface area contributed by atoms with Crippen LogP contribution in [0.15, 0.2) is 30.6 Å². The molecule has 1 heterocycles. The van der Waals surface area contributed by atoms with Gasteiger partial charge >= 0.3 is 0 Å². The highest BCUT2D eigenvalue weighted by Crippen LogP contribution is 2.30. The first kappa shape index (κ1) is 19.5. The Morgan fingerprint density at radius 2 is 1.81 bits per heavy atom. The molecule has 1 amide bonds. The molecule has 8 heteroatoms. The quantitative estimate of drug-likeness (QED) is 0.661. The van der Waals surface area contributed by atoms with Crippen LogP contribution in [0.1, 0.15) is 16.8 Å². The van der Waals surface area contributed by atoms with Crippen LogP contribution in [-0.4, -0.2) is 62.2 Å². The molecule has 0 fully saturated rings. The van der Waals surface area contributed by atoms with Crippen molar-refractivity contribution in [2.24, 2.45) is 0 Å². The van der Waals surface area contributed by atoms with Gasteiger partial charge in [0.05, 0.1) is 19.8 Å². The summed E-state index contributed by atoms with van der Waals surface area (Å²) in [6.45, 7) is 1.54. The molecule has 1 aromatic carbocycles. The molecule has 1 aromatic heterocycles. The molecule has 0 radical (unpaired) electrons. The van der Waals surface area contributed by atoms with Crippen molar-refractivity contribution in [1.29, 1.82) is 0 Å². The summed E-state index contributed by atoms with van der Waals surface area (Å²) in [5, 5.41) is 5.92. The van der Waals surface area contributed by atoms with Gasteiger partial charge in [0.15, 0.2) is 11.5 Å². The molecule has 0 aliphatic rings. The zero-order valence-electron chi connectivity index (χ0n) is 15.6. The number of nitrogens with one attached hydrogen (secondary N) is 2. The van der Waals surface area contributed by atoms with Crippen LogP contribution in [0.2, 0.25) is 0 Å². The lowest BCUT2D eigenvalue weighted by atomic mass is 10.2. The van der Waals surface area contributed by atoms with Crippen molar-refractivity contribution in [2.45, 2.75) is 6.42 Å². The number of ether oxygens (including phenoxy) is 2. The second kappa shape index (κ2) is 9.57. The summed E-state index contributed by atoms with van der Waals surface area (Å²) in [4.78, 5) is 22.5. The van der Waals surface area contributed by atoms with Gasteiger partial charge in [-0.25, -0.2) is 9.97 Å². The molecule has 0 aliphatic carbocycles. The molecule has 8 nitrogen and oxygen atoms in total. The molecule has 0 unspecified atom stereocenters. The lowest BCUT2D eigenvalue weighted by Gasteiger charge is -2.11. The third-order valence-electron chi connectivity index (χ3n) is 3.62.